The number of aromatic carboxylic acids is 1. The van der Waals surface area contributed by atoms with Crippen LogP contribution in [0.5, 0.6) is 5.88 Å². The van der Waals surface area contributed by atoms with Gasteiger partial charge in [0.1, 0.15) is 23.8 Å². The first kappa shape index (κ1) is 33.8. The molecule has 0 spiro atoms. The second-order valence-corrected chi connectivity index (χ2v) is 13.4. The molecule has 4 heterocycles. The molecule has 2 N–H and O–H groups in total. The molecule has 12 nitrogen and oxygen atoms in total. The number of hydrogen-bond donors (Lipinski definition) is 2. The smallest absolute Gasteiger partial charge is 0.412 e. The summed E-state index contributed by atoms with van der Waals surface area (Å²) in [6, 6.07) is 15.0. The Kier molecular flexibility index (Phi) is 9.80. The van der Waals surface area contributed by atoms with Gasteiger partial charge in [-0.1, -0.05) is 12.1 Å². The molecule has 4 aromatic rings. The van der Waals surface area contributed by atoms with Crippen molar-refractivity contribution in [2.75, 3.05) is 25.0 Å². The first-order valence-corrected chi connectivity index (χ1v) is 16.3. The Bertz CT molecular complexity index is 1900. The Labute approximate surface area is 283 Å². The summed E-state index contributed by atoms with van der Waals surface area (Å²) in [6.45, 7) is 8.59. The molecule has 2 aromatic heterocycles. The lowest BCUT2D eigenvalue weighted by molar-refractivity contribution is -0.0592. The predicted octanol–water partition coefficient (Wildman–Crippen LogP) is 6.23. The minimum atomic E-state index is -1.17. The zero-order valence-corrected chi connectivity index (χ0v) is 27.7. The fourth-order valence-electron chi connectivity index (χ4n) is 6.08. The quantitative estimate of drug-likeness (QED) is 0.199. The molecule has 13 heteroatoms. The van der Waals surface area contributed by atoms with Crippen LogP contribution in [0.25, 0.3) is 11.0 Å². The highest BCUT2D eigenvalue weighted by atomic mass is 19.1. The van der Waals surface area contributed by atoms with Crippen LogP contribution in [0, 0.1) is 17.1 Å². The molecular weight excluding hydrogens is 631 g/mol. The molecule has 0 radical (unpaired) electrons. The van der Waals surface area contributed by atoms with Gasteiger partial charge < -0.3 is 23.9 Å². The molecule has 49 heavy (non-hydrogen) atoms. The molecule has 0 unspecified atom stereocenters. The maximum Gasteiger partial charge on any atom is 0.412 e. The standard InChI is InChI=1S/C36H39FN6O6/c1-36(2,3)49-35(46)41-29-17-30-31(16-26(29)34(44)45)43(19-25-11-14-47-25)32(39-30)20-42-12-9-23(10-13-42)28-5-4-6-33(40-28)48-21-24-8-7-22(18-38)15-27(24)37/h4-8,15-17,23,25H,9-14,19-21H2,1-3H3,(H,41,46)(H,44,45)/t25-/m0/s1. The highest BCUT2D eigenvalue weighted by Crippen LogP contribution is 2.31. The van der Waals surface area contributed by atoms with Crippen LogP contribution in [-0.2, 0) is 29.2 Å². The number of fused-ring (bicyclic) bond motifs is 1. The molecule has 2 aromatic carbocycles. The molecule has 1 amide bonds. The van der Waals surface area contributed by atoms with Crippen LogP contribution in [0.3, 0.4) is 0 Å². The van der Waals surface area contributed by atoms with Crippen molar-refractivity contribution in [1.29, 1.82) is 5.26 Å². The lowest BCUT2D eigenvalue weighted by atomic mass is 9.93. The van der Waals surface area contributed by atoms with Crippen LogP contribution in [-0.4, -0.2) is 68.0 Å². The lowest BCUT2D eigenvalue weighted by Gasteiger charge is -2.32. The van der Waals surface area contributed by atoms with Gasteiger partial charge in [-0.05, 0) is 83.5 Å². The number of carbonyl (C=O) groups excluding carboxylic acids is 1. The number of likely N-dealkylation sites (tertiary alicyclic amines) is 1. The van der Waals surface area contributed by atoms with Crippen molar-refractivity contribution in [1.82, 2.24) is 19.4 Å². The zero-order chi connectivity index (χ0) is 34.7. The number of nitrogens with one attached hydrogen (secondary N) is 1. The van der Waals surface area contributed by atoms with Crippen molar-refractivity contribution in [3.05, 3.63) is 82.6 Å². The largest absolute Gasteiger partial charge is 0.478 e. The Balaban J connectivity index is 1.15. The van der Waals surface area contributed by atoms with Gasteiger partial charge in [-0.25, -0.2) is 23.9 Å². The van der Waals surface area contributed by atoms with E-state index in [0.717, 1.165) is 43.9 Å². The Morgan fingerprint density at radius 1 is 1.12 bits per heavy atom. The van der Waals surface area contributed by atoms with Crippen molar-refractivity contribution < 1.29 is 33.3 Å². The summed E-state index contributed by atoms with van der Waals surface area (Å²) in [5.41, 5.74) is 2.07. The normalized spacial score (nSPS) is 16.9. The fraction of sp³-hybridized carbons (Fsp3) is 0.417. The molecule has 2 aliphatic heterocycles. The fourth-order valence-corrected chi connectivity index (χ4v) is 6.08. The number of amides is 1. The molecule has 0 aliphatic carbocycles. The van der Waals surface area contributed by atoms with Crippen LogP contribution in [0.15, 0.2) is 48.5 Å². The van der Waals surface area contributed by atoms with Gasteiger partial charge in [0.05, 0.1) is 53.1 Å². The van der Waals surface area contributed by atoms with E-state index in [4.69, 9.17) is 29.4 Å². The van der Waals surface area contributed by atoms with Gasteiger partial charge in [0.2, 0.25) is 5.88 Å². The van der Waals surface area contributed by atoms with E-state index in [9.17, 15) is 19.1 Å². The number of nitriles is 1. The average molecular weight is 671 g/mol. The van der Waals surface area contributed by atoms with E-state index in [-0.39, 0.29) is 35.4 Å². The topological polar surface area (TPSA) is 152 Å². The van der Waals surface area contributed by atoms with Crippen LogP contribution in [0.1, 0.15) is 79.0 Å². The van der Waals surface area contributed by atoms with Gasteiger partial charge in [-0.15, -0.1) is 0 Å². The number of imidazole rings is 1. The summed E-state index contributed by atoms with van der Waals surface area (Å²) in [5, 5.41) is 21.6. The highest BCUT2D eigenvalue weighted by Gasteiger charge is 2.28. The number of rotatable bonds is 10. The number of piperidine rings is 1. The zero-order valence-electron chi connectivity index (χ0n) is 27.7. The second-order valence-electron chi connectivity index (χ2n) is 13.4. The number of carboxylic acid groups (broad SMARTS) is 1. The van der Waals surface area contributed by atoms with E-state index >= 15 is 0 Å². The maximum atomic E-state index is 14.3. The van der Waals surface area contributed by atoms with Crippen molar-refractivity contribution in [2.24, 2.45) is 0 Å². The molecule has 6 rings (SSSR count). The van der Waals surface area contributed by atoms with Gasteiger partial charge in [0.25, 0.3) is 0 Å². The SMILES string of the molecule is CC(C)(C)OC(=O)Nc1cc2nc(CN3CCC(c4cccc(OCc5ccc(C#N)cc5F)n4)CC3)n(C[C@@H]3CCO3)c2cc1C(=O)O. The number of pyridine rings is 1. The summed E-state index contributed by atoms with van der Waals surface area (Å²) in [7, 11) is 0. The molecular formula is C36H39FN6O6. The maximum absolute atomic E-state index is 14.3. The van der Waals surface area contributed by atoms with Gasteiger partial charge in [-0.3, -0.25) is 10.2 Å². The van der Waals surface area contributed by atoms with Crippen LogP contribution in [0.4, 0.5) is 14.9 Å². The number of aromatic nitrogens is 3. The van der Waals surface area contributed by atoms with E-state index < -0.39 is 23.5 Å². The van der Waals surface area contributed by atoms with E-state index in [1.807, 2.05) is 22.8 Å². The predicted molar refractivity (Wildman–Crippen MR) is 178 cm³/mol. The van der Waals surface area contributed by atoms with E-state index in [1.54, 1.807) is 51.1 Å². The van der Waals surface area contributed by atoms with Crippen molar-refractivity contribution in [3.63, 3.8) is 0 Å². The molecule has 0 saturated carbocycles. The Morgan fingerprint density at radius 2 is 1.90 bits per heavy atom. The van der Waals surface area contributed by atoms with E-state index in [2.05, 4.69) is 10.2 Å². The van der Waals surface area contributed by atoms with Gasteiger partial charge in [-0.2, -0.15) is 5.26 Å². The van der Waals surface area contributed by atoms with E-state index in [0.29, 0.717) is 42.2 Å². The Morgan fingerprint density at radius 3 is 2.55 bits per heavy atom. The number of benzene rings is 2. The summed E-state index contributed by atoms with van der Waals surface area (Å²) in [4.78, 5) is 36.8. The molecule has 2 fully saturated rings. The third-order valence-corrected chi connectivity index (χ3v) is 8.69. The van der Waals surface area contributed by atoms with Gasteiger partial charge >= 0.3 is 12.1 Å². The van der Waals surface area contributed by atoms with Crippen LogP contribution in [0.2, 0.25) is 0 Å². The third-order valence-electron chi connectivity index (χ3n) is 8.69. The summed E-state index contributed by atoms with van der Waals surface area (Å²) in [5.74, 6) is -0.242. The molecule has 256 valence electrons. The molecule has 0 bridgehead atoms. The van der Waals surface area contributed by atoms with Crippen LogP contribution >= 0.6 is 0 Å². The number of halogens is 1. The van der Waals surface area contributed by atoms with Crippen molar-refractivity contribution >= 4 is 28.8 Å². The minimum absolute atomic E-state index is 0.00581. The van der Waals surface area contributed by atoms with Gasteiger partial charge in [0.15, 0.2) is 0 Å². The number of nitrogens with zero attached hydrogens (tertiary/aromatic N) is 5. The first-order chi connectivity index (χ1) is 23.5. The number of carboxylic acids is 1. The highest BCUT2D eigenvalue weighted by molar-refractivity contribution is 6.03. The second kappa shape index (κ2) is 14.2. The number of carbonyl (C=O) groups is 2. The van der Waals surface area contributed by atoms with E-state index in [1.165, 1.54) is 6.07 Å². The summed E-state index contributed by atoms with van der Waals surface area (Å²) >= 11 is 0. The van der Waals surface area contributed by atoms with Crippen molar-refractivity contribution in [2.45, 2.75) is 77.4 Å². The minimum Gasteiger partial charge on any atom is -0.478 e. The number of hydrogen-bond acceptors (Lipinski definition) is 9. The number of anilines is 1. The summed E-state index contributed by atoms with van der Waals surface area (Å²) < 4.78 is 33.2. The molecule has 1 atom stereocenters. The van der Waals surface area contributed by atoms with Crippen LogP contribution < -0.4 is 10.1 Å². The average Bonchev–Trinajstić information content (AvgIpc) is 3.36. The lowest BCUT2D eigenvalue weighted by Crippen LogP contribution is -2.35. The van der Waals surface area contributed by atoms with Crippen molar-refractivity contribution in [3.8, 4) is 11.9 Å². The first-order valence-electron chi connectivity index (χ1n) is 16.3. The monoisotopic (exact) mass is 670 g/mol. The van der Waals surface area contributed by atoms with Gasteiger partial charge in [0, 0.05) is 29.8 Å². The summed E-state index contributed by atoms with van der Waals surface area (Å²) in [6.07, 6.45) is 1.90. The third kappa shape index (κ3) is 8.16. The number of ether oxygens (including phenoxy) is 3. The molecule has 2 saturated heterocycles. The Hall–Kier alpha value is -5.06. The molecule has 2 aliphatic rings.